The summed E-state index contributed by atoms with van der Waals surface area (Å²) in [5, 5.41) is 13.5. The van der Waals surface area contributed by atoms with E-state index in [-0.39, 0.29) is 50.8 Å². The molecule has 2 heterocycles. The van der Waals surface area contributed by atoms with Gasteiger partial charge in [-0.15, -0.1) is 0 Å². The smallest absolute Gasteiger partial charge is 0.246 e. The highest BCUT2D eigenvalue weighted by molar-refractivity contribution is 7.99. The number of hydrogen-bond donors (Lipinski definition) is 10. The van der Waals surface area contributed by atoms with E-state index in [1.165, 1.54) is 21.0 Å². The molecule has 1 aromatic rings. The quantitative estimate of drug-likeness (QED) is 0.0728. The van der Waals surface area contributed by atoms with Gasteiger partial charge in [-0.2, -0.15) is 11.8 Å². The zero-order valence-corrected chi connectivity index (χ0v) is 40.0. The van der Waals surface area contributed by atoms with Gasteiger partial charge in [0.15, 0.2) is 4.24 Å². The maximum Gasteiger partial charge on any atom is 0.246 e. The largest absolute Gasteiger partial charge is 0.497 e. The van der Waals surface area contributed by atoms with E-state index in [1.54, 1.807) is 38.1 Å². The molecule has 0 aromatic heterocycles. The summed E-state index contributed by atoms with van der Waals surface area (Å²) in [6, 6.07) is -8.12. The molecule has 0 spiro atoms. The van der Waals surface area contributed by atoms with Gasteiger partial charge in [-0.25, -0.2) is 0 Å². The van der Waals surface area contributed by atoms with E-state index in [4.69, 9.17) is 25.9 Å². The molecule has 23 nitrogen and oxygen atoms in total. The van der Waals surface area contributed by atoms with Crippen molar-refractivity contribution in [2.45, 2.75) is 134 Å². The number of nitrogens with zero attached hydrogens (tertiary/aromatic N) is 1. The Balaban J connectivity index is 2.23. The standard InChI is InChI=1S/C45H69N11O12S/c1-6-25(4)38-44(66)51-28(15-16-34(46)57)40(62)52-31(21-35(47)58)41(63)54-32(23-69-18-8-10-37(60)50-30(42(64)55-38)20-26-11-13-27(68-5)14-12-26)45(67)56-17-7-9-33(56)43(65)53-29(19-24(2)3)39(61)49-22-36(48)59/h11-14,24-25,28-33,38H,6-10,15-23H2,1-5H3,(H2,46,57)(H2,47,58)(H2,48,59)(H,49,61)(H,50,60)(H,51,66)(H,52,62)(H,53,65)(H,54,63)(H,55,64)/i19D2,21D2,31D/hD3. The minimum atomic E-state index is -4.22. The Morgan fingerprint density at radius 3 is 2.26 bits per heavy atom. The molecule has 2 aliphatic heterocycles. The number of carbonyl (C=O) groups excluding carboxylic acids is 11. The van der Waals surface area contributed by atoms with Crippen molar-refractivity contribution in [1.82, 2.24) is 42.1 Å². The normalized spacial score (nSPS) is 26.4. The maximum absolute atomic E-state index is 14.8. The minimum Gasteiger partial charge on any atom is -0.497 e. The van der Waals surface area contributed by atoms with Crippen LogP contribution in [-0.2, 0) is 59.2 Å². The molecule has 0 saturated carbocycles. The second-order valence-corrected chi connectivity index (χ2v) is 17.8. The number of benzene rings is 1. The van der Waals surface area contributed by atoms with Gasteiger partial charge in [0.25, 0.3) is 0 Å². The zero-order valence-electron chi connectivity index (χ0n) is 47.2. The monoisotopic (exact) mass is 996 g/mol. The fourth-order valence-electron chi connectivity index (χ4n) is 7.13. The third-order valence-electron chi connectivity index (χ3n) is 10.9. The Morgan fingerprint density at radius 2 is 1.64 bits per heavy atom. The fourth-order valence-corrected chi connectivity index (χ4v) is 8.11. The van der Waals surface area contributed by atoms with Crippen molar-refractivity contribution in [3.63, 3.8) is 0 Å². The van der Waals surface area contributed by atoms with E-state index in [9.17, 15) is 54.1 Å². The number of nitrogens with two attached hydrogens (primary N) is 3. The number of carbonyl (C=O) groups is 11. The molecule has 11 amide bonds. The summed E-state index contributed by atoms with van der Waals surface area (Å²) in [6.45, 7) is 5.09. The highest BCUT2D eigenvalue weighted by Gasteiger charge is 2.40. The molecule has 0 aliphatic carbocycles. The fraction of sp³-hybridized carbons (Fsp3) is 0.622. The summed E-state index contributed by atoms with van der Waals surface area (Å²) in [5.41, 5.74) is 10.2. The topological polar surface area (TPSA) is 363 Å². The molecule has 382 valence electrons. The molecule has 13 N–H and O–H groups in total. The van der Waals surface area contributed by atoms with Crippen molar-refractivity contribution in [2.24, 2.45) is 29.0 Å². The van der Waals surface area contributed by atoms with Crippen LogP contribution < -0.4 is 59.1 Å². The first kappa shape index (κ1) is 45.0. The van der Waals surface area contributed by atoms with E-state index in [2.05, 4.69) is 31.9 Å². The molecule has 0 radical (unpaired) electrons. The van der Waals surface area contributed by atoms with Crippen LogP contribution in [0.4, 0.5) is 0 Å². The van der Waals surface area contributed by atoms with Crippen LogP contribution in [0.25, 0.3) is 0 Å². The van der Waals surface area contributed by atoms with Gasteiger partial charge in [0, 0.05) is 37.0 Å². The number of amides is 11. The third-order valence-corrected chi connectivity index (χ3v) is 12.1. The SMILES string of the molecule is [2H]N([2H])C(=O)C([2H])([2H])C1([2H])C(=O)NC(C(=O)N2CCCC2C(=O)NC(C(=O)NCC(N)=O)C([2H])([2H])C(C)C)CSCCCC(=O)NC(Cc2ccc(OC)cc2)C(=O)NC(C(C)CC)C(=O)NC(CCC(N)=O)C(=O)N1[2H]. The van der Waals surface area contributed by atoms with Crippen molar-refractivity contribution in [3.8, 4) is 5.75 Å². The molecule has 2 fully saturated rings. The number of primary amides is 3. The number of thioether (sulfide) groups is 1. The predicted octanol–water partition coefficient (Wildman–Crippen LogP) is -2.50. The molecule has 0 bridgehead atoms. The predicted molar refractivity (Wildman–Crippen MR) is 253 cm³/mol. The summed E-state index contributed by atoms with van der Waals surface area (Å²) in [7, 11) is 1.45. The van der Waals surface area contributed by atoms with Gasteiger partial charge in [-0.05, 0) is 67.3 Å². The number of ether oxygens (including phenoxy) is 1. The Kier molecular flexibility index (Phi) is 18.4. The molecule has 1 aromatic carbocycles. The Bertz CT molecular complexity index is 2360. The van der Waals surface area contributed by atoms with Crippen LogP contribution in [0.3, 0.4) is 0 Å². The first-order valence-electron chi connectivity index (χ1n) is 26.2. The number of hydrogen-bond acceptors (Lipinski definition) is 13. The lowest BCUT2D eigenvalue weighted by molar-refractivity contribution is -0.142. The van der Waals surface area contributed by atoms with Crippen LogP contribution >= 0.6 is 11.8 Å². The van der Waals surface area contributed by atoms with Gasteiger partial charge in [-0.3, -0.25) is 52.7 Å². The van der Waals surface area contributed by atoms with Crippen LogP contribution in [-0.4, -0.2) is 144 Å². The third kappa shape index (κ3) is 18.9. The summed E-state index contributed by atoms with van der Waals surface area (Å²) in [6.07, 6.45) is -8.29. The van der Waals surface area contributed by atoms with Crippen LogP contribution in [0.5, 0.6) is 5.75 Å². The lowest BCUT2D eigenvalue weighted by Crippen LogP contribution is -2.61. The van der Waals surface area contributed by atoms with E-state index < -0.39 is 168 Å². The molecule has 69 heavy (non-hydrogen) atoms. The van der Waals surface area contributed by atoms with E-state index in [1.807, 2.05) is 0 Å². The molecular weight excluding hydrogens is 919 g/mol. The van der Waals surface area contributed by atoms with Gasteiger partial charge in [0.1, 0.15) is 48.0 Å². The average molecular weight is 996 g/mol. The first-order chi connectivity index (χ1) is 35.9. The van der Waals surface area contributed by atoms with Gasteiger partial charge < -0.3 is 64.0 Å². The number of nitrogens with one attached hydrogen (secondary N) is 7. The van der Waals surface area contributed by atoms with Crippen molar-refractivity contribution in [2.75, 3.05) is 31.7 Å². The summed E-state index contributed by atoms with van der Waals surface area (Å²) < 4.78 is 73.4. The van der Waals surface area contributed by atoms with Gasteiger partial charge in [0.05, 0.1) is 21.4 Å². The average Bonchev–Trinajstić information content (AvgIpc) is 3.87. The van der Waals surface area contributed by atoms with Gasteiger partial charge >= 0.3 is 0 Å². The number of methoxy groups -OCH3 is 1. The summed E-state index contributed by atoms with van der Waals surface area (Å²) in [4.78, 5) is 151. The molecule has 24 heteroatoms. The molecule has 3 rings (SSSR count). The molecule has 2 saturated heterocycles. The Morgan fingerprint density at radius 1 is 0.928 bits per heavy atom. The highest BCUT2D eigenvalue weighted by atomic mass is 32.2. The molecule has 8 unspecified atom stereocenters. The second-order valence-electron chi connectivity index (χ2n) is 16.7. The molecule has 2 aliphatic rings. The zero-order chi connectivity index (χ0) is 58.3. The van der Waals surface area contributed by atoms with Crippen molar-refractivity contribution >= 4 is 76.7 Å². The van der Waals surface area contributed by atoms with E-state index in [0.717, 1.165) is 16.7 Å². The van der Waals surface area contributed by atoms with Gasteiger partial charge in [0.2, 0.25) is 65.0 Å². The minimum absolute atomic E-state index is 0.0115. The summed E-state index contributed by atoms with van der Waals surface area (Å²) in [5.74, 6) is -15.9. The lowest BCUT2D eigenvalue weighted by atomic mass is 9.96. The van der Waals surface area contributed by atoms with E-state index >= 15 is 0 Å². The van der Waals surface area contributed by atoms with Crippen LogP contribution in [0, 0.1) is 11.8 Å². The lowest BCUT2D eigenvalue weighted by Gasteiger charge is -2.31. The second kappa shape index (κ2) is 28.1. The van der Waals surface area contributed by atoms with Crippen molar-refractivity contribution in [3.05, 3.63) is 29.8 Å². The van der Waals surface area contributed by atoms with Crippen LogP contribution in [0.1, 0.15) is 97.8 Å². The maximum atomic E-state index is 14.8. The molecular formula is C45H69N11O12S. The van der Waals surface area contributed by atoms with Crippen molar-refractivity contribution in [1.29, 1.82) is 0 Å². The summed E-state index contributed by atoms with van der Waals surface area (Å²) >= 11 is 0.901. The Labute approximate surface area is 417 Å². The first-order valence-corrected chi connectivity index (χ1v) is 23.5. The Hall–Kier alpha value is -6.46. The van der Waals surface area contributed by atoms with Crippen LogP contribution in [0.15, 0.2) is 24.3 Å². The van der Waals surface area contributed by atoms with Crippen molar-refractivity contribution < 1.29 is 68.6 Å². The van der Waals surface area contributed by atoms with E-state index in [0.29, 0.717) is 11.3 Å². The van der Waals surface area contributed by atoms with Gasteiger partial charge in [-0.1, -0.05) is 46.2 Å². The molecule has 8 atom stereocenters. The highest BCUT2D eigenvalue weighted by Crippen LogP contribution is 2.22. The number of likely N-dealkylation sites (tertiary alicyclic amines) is 1. The number of rotatable bonds is 18. The van der Waals surface area contributed by atoms with Crippen LogP contribution in [0.2, 0.25) is 4.24 Å².